The first kappa shape index (κ1) is 17.1. The van der Waals surface area contributed by atoms with Crippen LogP contribution in [0.3, 0.4) is 0 Å². The van der Waals surface area contributed by atoms with Gasteiger partial charge < -0.3 is 19.5 Å². The number of benzene rings is 1. The van der Waals surface area contributed by atoms with Crippen molar-refractivity contribution in [3.63, 3.8) is 0 Å². The number of nitrogens with one attached hydrogen (secondary N) is 1. The molecule has 1 N–H and O–H groups in total. The SMILES string of the molecule is COc1ccc(C2=CCN(C(=O)NCCCn3ccnc3)CC2)cc1. The minimum atomic E-state index is 0.00987. The number of carbonyl (C=O) groups excluding carboxylic acids is 1. The molecular weight excluding hydrogens is 316 g/mol. The number of methoxy groups -OCH3 is 1. The van der Waals surface area contributed by atoms with Crippen LogP contribution in [0.25, 0.3) is 5.57 Å². The van der Waals surface area contributed by atoms with Gasteiger partial charge in [0.2, 0.25) is 0 Å². The third-order valence-corrected chi connectivity index (χ3v) is 4.39. The quantitative estimate of drug-likeness (QED) is 0.823. The molecule has 2 amide bonds. The second-order valence-electron chi connectivity index (χ2n) is 6.04. The standard InChI is InChI=1S/C19H24N4O2/c1-25-18-5-3-16(4-6-18)17-7-12-23(13-8-17)19(24)21-9-2-11-22-14-10-20-15-22/h3-7,10,14-15H,2,8-9,11-13H2,1H3,(H,21,24). The van der Waals surface area contributed by atoms with Crippen LogP contribution >= 0.6 is 0 Å². The first-order valence-electron chi connectivity index (χ1n) is 8.58. The summed E-state index contributed by atoms with van der Waals surface area (Å²) in [7, 11) is 1.67. The molecule has 0 unspecified atom stereocenters. The Balaban J connectivity index is 1.43. The molecule has 132 valence electrons. The third kappa shape index (κ3) is 4.62. The van der Waals surface area contributed by atoms with E-state index < -0.39 is 0 Å². The lowest BCUT2D eigenvalue weighted by molar-refractivity contribution is 0.203. The summed E-state index contributed by atoms with van der Waals surface area (Å²) in [6.07, 6.45) is 9.38. The molecule has 3 rings (SSSR count). The molecule has 6 heteroatoms. The molecule has 1 aliphatic heterocycles. The van der Waals surface area contributed by atoms with E-state index >= 15 is 0 Å². The Morgan fingerprint density at radius 1 is 1.32 bits per heavy atom. The molecule has 0 atom stereocenters. The lowest BCUT2D eigenvalue weighted by atomic mass is 9.99. The highest BCUT2D eigenvalue weighted by atomic mass is 16.5. The van der Waals surface area contributed by atoms with Gasteiger partial charge in [-0.25, -0.2) is 9.78 Å². The molecular formula is C19H24N4O2. The highest BCUT2D eigenvalue weighted by molar-refractivity contribution is 5.76. The van der Waals surface area contributed by atoms with Crippen molar-refractivity contribution >= 4 is 11.6 Å². The van der Waals surface area contributed by atoms with Crippen LogP contribution in [0.1, 0.15) is 18.4 Å². The molecule has 0 fully saturated rings. The second kappa shape index (κ2) is 8.37. The van der Waals surface area contributed by atoms with Crippen molar-refractivity contribution in [2.45, 2.75) is 19.4 Å². The zero-order valence-corrected chi connectivity index (χ0v) is 14.5. The van der Waals surface area contributed by atoms with Crippen LogP contribution in [0.5, 0.6) is 5.75 Å². The smallest absolute Gasteiger partial charge is 0.317 e. The molecule has 0 saturated carbocycles. The number of urea groups is 1. The summed E-state index contributed by atoms with van der Waals surface area (Å²) in [5, 5.41) is 2.99. The van der Waals surface area contributed by atoms with Gasteiger partial charge in [-0.05, 0) is 36.1 Å². The van der Waals surface area contributed by atoms with E-state index in [9.17, 15) is 4.79 Å². The number of hydrogen-bond acceptors (Lipinski definition) is 3. The largest absolute Gasteiger partial charge is 0.497 e. The summed E-state index contributed by atoms with van der Waals surface area (Å²) in [6, 6.07) is 8.08. The van der Waals surface area contributed by atoms with Crippen molar-refractivity contribution in [2.75, 3.05) is 26.7 Å². The molecule has 2 heterocycles. The van der Waals surface area contributed by atoms with E-state index in [4.69, 9.17) is 4.74 Å². The summed E-state index contributed by atoms with van der Waals surface area (Å²) in [4.78, 5) is 18.1. The Labute approximate surface area is 148 Å². The number of ether oxygens (including phenoxy) is 1. The molecule has 0 bridgehead atoms. The van der Waals surface area contributed by atoms with Gasteiger partial charge >= 0.3 is 6.03 Å². The fourth-order valence-electron chi connectivity index (χ4n) is 2.91. The van der Waals surface area contributed by atoms with Gasteiger partial charge in [0.25, 0.3) is 0 Å². The molecule has 6 nitrogen and oxygen atoms in total. The van der Waals surface area contributed by atoms with Gasteiger partial charge in [-0.2, -0.15) is 0 Å². The Bertz CT molecular complexity index is 708. The van der Waals surface area contributed by atoms with E-state index in [1.807, 2.05) is 27.8 Å². The van der Waals surface area contributed by atoms with Crippen LogP contribution in [-0.2, 0) is 6.54 Å². The molecule has 0 spiro atoms. The third-order valence-electron chi connectivity index (χ3n) is 4.39. The molecule has 0 aliphatic carbocycles. The Hall–Kier alpha value is -2.76. The first-order valence-corrected chi connectivity index (χ1v) is 8.58. The summed E-state index contributed by atoms with van der Waals surface area (Å²) in [5.41, 5.74) is 2.48. The molecule has 0 saturated heterocycles. The van der Waals surface area contributed by atoms with Crippen LogP contribution in [0.15, 0.2) is 49.1 Å². The second-order valence-corrected chi connectivity index (χ2v) is 6.04. The highest BCUT2D eigenvalue weighted by Crippen LogP contribution is 2.24. The van der Waals surface area contributed by atoms with Gasteiger partial charge in [0.15, 0.2) is 0 Å². The topological polar surface area (TPSA) is 59.4 Å². The lowest BCUT2D eigenvalue weighted by Crippen LogP contribution is -2.42. The lowest BCUT2D eigenvalue weighted by Gasteiger charge is -2.27. The minimum Gasteiger partial charge on any atom is -0.497 e. The number of aromatic nitrogens is 2. The van der Waals surface area contributed by atoms with Crippen LogP contribution in [0.2, 0.25) is 0 Å². The van der Waals surface area contributed by atoms with E-state index in [0.717, 1.165) is 31.7 Å². The summed E-state index contributed by atoms with van der Waals surface area (Å²) in [6.45, 7) is 2.92. The summed E-state index contributed by atoms with van der Waals surface area (Å²) in [5.74, 6) is 0.858. The van der Waals surface area contributed by atoms with Gasteiger partial charge in [0.05, 0.1) is 13.4 Å². The predicted octanol–water partition coefficient (Wildman–Crippen LogP) is 2.78. The highest BCUT2D eigenvalue weighted by Gasteiger charge is 2.17. The van der Waals surface area contributed by atoms with E-state index in [2.05, 4.69) is 28.5 Å². The van der Waals surface area contributed by atoms with E-state index in [-0.39, 0.29) is 6.03 Å². The normalized spacial score (nSPS) is 14.1. The number of nitrogens with zero attached hydrogens (tertiary/aromatic N) is 3. The van der Waals surface area contributed by atoms with Crippen molar-refractivity contribution in [1.82, 2.24) is 19.8 Å². The number of aryl methyl sites for hydroxylation is 1. The molecule has 1 aromatic carbocycles. The number of amides is 2. The van der Waals surface area contributed by atoms with Gasteiger partial charge in [0, 0.05) is 38.6 Å². The fourth-order valence-corrected chi connectivity index (χ4v) is 2.91. The van der Waals surface area contributed by atoms with Crippen molar-refractivity contribution in [1.29, 1.82) is 0 Å². The fraction of sp³-hybridized carbons (Fsp3) is 0.368. The van der Waals surface area contributed by atoms with Gasteiger partial charge in [-0.3, -0.25) is 0 Å². The van der Waals surface area contributed by atoms with Gasteiger partial charge in [0.1, 0.15) is 5.75 Å². The van der Waals surface area contributed by atoms with Gasteiger partial charge in [-0.15, -0.1) is 0 Å². The van der Waals surface area contributed by atoms with Crippen LogP contribution in [0, 0.1) is 0 Å². The minimum absolute atomic E-state index is 0.00987. The van der Waals surface area contributed by atoms with E-state index in [0.29, 0.717) is 13.1 Å². The molecule has 0 radical (unpaired) electrons. The Kier molecular flexibility index (Phi) is 5.72. The van der Waals surface area contributed by atoms with E-state index in [1.54, 1.807) is 19.6 Å². The molecule has 1 aromatic heterocycles. The van der Waals surface area contributed by atoms with Gasteiger partial charge in [-0.1, -0.05) is 18.2 Å². The summed E-state index contributed by atoms with van der Waals surface area (Å²) < 4.78 is 7.20. The number of imidazole rings is 1. The first-order chi connectivity index (χ1) is 12.3. The van der Waals surface area contributed by atoms with Crippen LogP contribution in [0.4, 0.5) is 4.79 Å². The molecule has 1 aliphatic rings. The summed E-state index contributed by atoms with van der Waals surface area (Å²) >= 11 is 0. The Morgan fingerprint density at radius 3 is 2.80 bits per heavy atom. The maximum Gasteiger partial charge on any atom is 0.317 e. The van der Waals surface area contributed by atoms with Crippen molar-refractivity contribution < 1.29 is 9.53 Å². The predicted molar refractivity (Wildman–Crippen MR) is 97.4 cm³/mol. The maximum absolute atomic E-state index is 12.2. The monoisotopic (exact) mass is 340 g/mol. The maximum atomic E-state index is 12.2. The molecule has 25 heavy (non-hydrogen) atoms. The van der Waals surface area contributed by atoms with E-state index in [1.165, 1.54) is 11.1 Å². The number of rotatable bonds is 6. The van der Waals surface area contributed by atoms with Crippen molar-refractivity contribution in [3.05, 3.63) is 54.6 Å². The zero-order chi connectivity index (χ0) is 17.5. The average molecular weight is 340 g/mol. The van der Waals surface area contributed by atoms with Crippen LogP contribution in [-0.4, -0.2) is 47.2 Å². The Morgan fingerprint density at radius 2 is 2.16 bits per heavy atom. The number of hydrogen-bond donors (Lipinski definition) is 1. The number of carbonyl (C=O) groups is 1. The van der Waals surface area contributed by atoms with Crippen molar-refractivity contribution in [3.8, 4) is 5.75 Å². The van der Waals surface area contributed by atoms with Crippen LogP contribution < -0.4 is 10.1 Å². The molecule has 2 aromatic rings. The average Bonchev–Trinajstić information content (AvgIpc) is 3.19. The zero-order valence-electron chi connectivity index (χ0n) is 14.5. The van der Waals surface area contributed by atoms with Crippen molar-refractivity contribution in [2.24, 2.45) is 0 Å².